The van der Waals surface area contributed by atoms with E-state index >= 15 is 0 Å². The number of benzene rings is 1. The van der Waals surface area contributed by atoms with E-state index in [1.165, 1.54) is 4.90 Å². The first kappa shape index (κ1) is 15.0. The Morgan fingerprint density at radius 3 is 2.57 bits per heavy atom. The van der Waals surface area contributed by atoms with E-state index in [-0.39, 0.29) is 11.9 Å². The van der Waals surface area contributed by atoms with E-state index in [9.17, 15) is 4.79 Å². The van der Waals surface area contributed by atoms with Gasteiger partial charge in [0.25, 0.3) is 0 Å². The molecule has 1 aliphatic rings. The molecule has 23 heavy (non-hydrogen) atoms. The van der Waals surface area contributed by atoms with Gasteiger partial charge in [-0.1, -0.05) is 30.0 Å². The molecule has 2 amide bonds. The third-order valence-electron chi connectivity index (χ3n) is 3.87. The van der Waals surface area contributed by atoms with E-state index < -0.39 is 5.54 Å². The molecule has 0 saturated carbocycles. The number of urea groups is 1. The molecular formula is C18H18N4O. The number of carbonyl (C=O) groups excluding carboxylic acids is 1. The third kappa shape index (κ3) is 3.32. The van der Waals surface area contributed by atoms with Gasteiger partial charge in [0.15, 0.2) is 0 Å². The van der Waals surface area contributed by atoms with Crippen molar-refractivity contribution in [3.05, 3.63) is 54.4 Å². The van der Waals surface area contributed by atoms with Crippen LogP contribution in [-0.2, 0) is 0 Å². The molecule has 0 radical (unpaired) electrons. The minimum Gasteiger partial charge on any atom is -0.331 e. The van der Waals surface area contributed by atoms with Gasteiger partial charge in [0.1, 0.15) is 0 Å². The molecule has 1 atom stereocenters. The zero-order chi connectivity index (χ0) is 16.3. The SMILES string of the molecule is CC1(C)NC(=O)N(c2ncccn2)CC1C#Cc1ccccc1. The summed E-state index contributed by atoms with van der Waals surface area (Å²) in [6, 6.07) is 11.4. The van der Waals surface area contributed by atoms with Crippen LogP contribution in [0.2, 0.25) is 0 Å². The zero-order valence-electron chi connectivity index (χ0n) is 13.2. The van der Waals surface area contributed by atoms with Gasteiger partial charge in [-0.15, -0.1) is 0 Å². The van der Waals surface area contributed by atoms with Gasteiger partial charge in [-0.25, -0.2) is 14.8 Å². The Balaban J connectivity index is 1.87. The van der Waals surface area contributed by atoms with Crippen LogP contribution in [0.1, 0.15) is 19.4 Å². The van der Waals surface area contributed by atoms with Crippen molar-refractivity contribution in [3.63, 3.8) is 0 Å². The first-order valence-corrected chi connectivity index (χ1v) is 7.49. The molecule has 1 aromatic heterocycles. The summed E-state index contributed by atoms with van der Waals surface area (Å²) in [7, 11) is 0. The highest BCUT2D eigenvalue weighted by atomic mass is 16.2. The van der Waals surface area contributed by atoms with Crippen molar-refractivity contribution in [3.8, 4) is 11.8 Å². The Hall–Kier alpha value is -2.87. The fourth-order valence-corrected chi connectivity index (χ4v) is 2.44. The lowest BCUT2D eigenvalue weighted by molar-refractivity contribution is 0.212. The second-order valence-electron chi connectivity index (χ2n) is 6.00. The van der Waals surface area contributed by atoms with Crippen molar-refractivity contribution < 1.29 is 4.79 Å². The van der Waals surface area contributed by atoms with Gasteiger partial charge in [0, 0.05) is 24.5 Å². The predicted molar refractivity (Wildman–Crippen MR) is 88.8 cm³/mol. The fraction of sp³-hybridized carbons (Fsp3) is 0.278. The van der Waals surface area contributed by atoms with Gasteiger partial charge in [0.2, 0.25) is 5.95 Å². The fourth-order valence-electron chi connectivity index (χ4n) is 2.44. The lowest BCUT2D eigenvalue weighted by Crippen LogP contribution is -2.62. The van der Waals surface area contributed by atoms with Crippen molar-refractivity contribution in [2.24, 2.45) is 5.92 Å². The van der Waals surface area contributed by atoms with E-state index in [1.54, 1.807) is 18.5 Å². The van der Waals surface area contributed by atoms with Crippen LogP contribution in [0, 0.1) is 17.8 Å². The maximum absolute atomic E-state index is 12.3. The minimum absolute atomic E-state index is 0.0378. The Morgan fingerprint density at radius 2 is 1.87 bits per heavy atom. The van der Waals surface area contributed by atoms with Crippen LogP contribution < -0.4 is 10.2 Å². The molecule has 1 aliphatic heterocycles. The van der Waals surface area contributed by atoms with Crippen LogP contribution in [0.5, 0.6) is 0 Å². The van der Waals surface area contributed by atoms with Gasteiger partial charge in [-0.05, 0) is 32.0 Å². The van der Waals surface area contributed by atoms with E-state index in [2.05, 4.69) is 27.1 Å². The predicted octanol–water partition coefficient (Wildman–Crippen LogP) is 2.45. The molecule has 5 heteroatoms. The number of rotatable bonds is 1. The number of nitrogens with zero attached hydrogens (tertiary/aromatic N) is 3. The molecule has 1 N–H and O–H groups in total. The van der Waals surface area contributed by atoms with Crippen LogP contribution >= 0.6 is 0 Å². The average Bonchev–Trinajstić information content (AvgIpc) is 2.55. The molecule has 1 fully saturated rings. The molecule has 0 aliphatic carbocycles. The molecule has 2 heterocycles. The summed E-state index contributed by atoms with van der Waals surface area (Å²) >= 11 is 0. The zero-order valence-corrected chi connectivity index (χ0v) is 13.2. The molecule has 1 aromatic carbocycles. The van der Waals surface area contributed by atoms with Crippen LogP contribution in [0.15, 0.2) is 48.8 Å². The summed E-state index contributed by atoms with van der Waals surface area (Å²) in [6.07, 6.45) is 3.25. The molecule has 2 aromatic rings. The largest absolute Gasteiger partial charge is 0.331 e. The monoisotopic (exact) mass is 306 g/mol. The number of nitrogens with one attached hydrogen (secondary N) is 1. The molecule has 1 unspecified atom stereocenters. The Bertz CT molecular complexity index is 747. The second kappa shape index (κ2) is 6.09. The van der Waals surface area contributed by atoms with Gasteiger partial charge in [0.05, 0.1) is 11.5 Å². The van der Waals surface area contributed by atoms with Crippen LogP contribution in [0.4, 0.5) is 10.7 Å². The van der Waals surface area contributed by atoms with Gasteiger partial charge < -0.3 is 5.32 Å². The van der Waals surface area contributed by atoms with E-state index in [1.807, 2.05) is 44.2 Å². The molecular weight excluding hydrogens is 288 g/mol. The Kier molecular flexibility index (Phi) is 3.98. The molecule has 1 saturated heterocycles. The summed E-state index contributed by atoms with van der Waals surface area (Å²) in [5.74, 6) is 6.83. The summed E-state index contributed by atoms with van der Waals surface area (Å²) in [6.45, 7) is 4.43. The van der Waals surface area contributed by atoms with Crippen LogP contribution in [0.3, 0.4) is 0 Å². The lowest BCUT2D eigenvalue weighted by atomic mass is 9.85. The van der Waals surface area contributed by atoms with E-state index in [4.69, 9.17) is 0 Å². The van der Waals surface area contributed by atoms with Gasteiger partial charge >= 0.3 is 6.03 Å². The maximum Gasteiger partial charge on any atom is 0.324 e. The highest BCUT2D eigenvalue weighted by Crippen LogP contribution is 2.25. The first-order valence-electron chi connectivity index (χ1n) is 7.49. The second-order valence-corrected chi connectivity index (χ2v) is 6.00. The number of hydrogen-bond donors (Lipinski definition) is 1. The van der Waals surface area contributed by atoms with Crippen molar-refractivity contribution in [2.75, 3.05) is 11.4 Å². The van der Waals surface area contributed by atoms with Crippen molar-refractivity contribution in [2.45, 2.75) is 19.4 Å². The quantitative estimate of drug-likeness (QED) is 0.823. The summed E-state index contributed by atoms with van der Waals surface area (Å²) in [4.78, 5) is 22.2. The average molecular weight is 306 g/mol. The molecule has 116 valence electrons. The number of anilines is 1. The Morgan fingerprint density at radius 1 is 1.17 bits per heavy atom. The number of carbonyl (C=O) groups is 1. The molecule has 5 nitrogen and oxygen atoms in total. The third-order valence-corrected chi connectivity index (χ3v) is 3.87. The number of hydrogen-bond acceptors (Lipinski definition) is 3. The van der Waals surface area contributed by atoms with Gasteiger partial charge in [-0.2, -0.15) is 0 Å². The van der Waals surface area contributed by atoms with Crippen molar-refractivity contribution >= 4 is 12.0 Å². The number of amides is 2. The summed E-state index contributed by atoms with van der Waals surface area (Å²) in [5, 5.41) is 3.00. The lowest BCUT2D eigenvalue weighted by Gasteiger charge is -2.41. The Labute approximate surface area is 135 Å². The maximum atomic E-state index is 12.3. The molecule has 3 rings (SSSR count). The normalized spacial score (nSPS) is 19.5. The summed E-state index contributed by atoms with van der Waals surface area (Å²) < 4.78 is 0. The standard InChI is InChI=1S/C18H18N4O/c1-18(2)15(10-9-14-7-4-3-5-8-14)13-22(17(23)21-18)16-19-11-6-12-20-16/h3-8,11-12,15H,13H2,1-2H3,(H,21,23). The summed E-state index contributed by atoms with van der Waals surface area (Å²) in [5.41, 5.74) is 0.548. The van der Waals surface area contributed by atoms with Crippen LogP contribution in [0.25, 0.3) is 0 Å². The topological polar surface area (TPSA) is 58.1 Å². The highest BCUT2D eigenvalue weighted by Gasteiger charge is 2.39. The van der Waals surface area contributed by atoms with Crippen LogP contribution in [-0.4, -0.2) is 28.1 Å². The highest BCUT2D eigenvalue weighted by molar-refractivity contribution is 5.91. The van der Waals surface area contributed by atoms with Crippen molar-refractivity contribution in [1.82, 2.24) is 15.3 Å². The van der Waals surface area contributed by atoms with E-state index in [0.29, 0.717) is 12.5 Å². The van der Waals surface area contributed by atoms with Crippen molar-refractivity contribution in [1.29, 1.82) is 0 Å². The first-order chi connectivity index (χ1) is 11.1. The molecule has 0 spiro atoms. The minimum atomic E-state index is -0.413. The van der Waals surface area contributed by atoms with Gasteiger partial charge in [-0.3, -0.25) is 4.90 Å². The van der Waals surface area contributed by atoms with E-state index in [0.717, 1.165) is 5.56 Å². The molecule has 0 bridgehead atoms. The number of aromatic nitrogens is 2. The smallest absolute Gasteiger partial charge is 0.324 e.